The molecular weight excluding hydrogens is 284 g/mol. The number of carboxylic acid groups (broad SMARTS) is 2. The molecule has 0 aliphatic heterocycles. The van der Waals surface area contributed by atoms with Crippen molar-refractivity contribution < 1.29 is 24.9 Å². The topological polar surface area (TPSA) is 94.8 Å². The maximum Gasteiger partial charge on any atom is 0.303 e. The van der Waals surface area contributed by atoms with Gasteiger partial charge in [0, 0.05) is 19.4 Å². The van der Waals surface area contributed by atoms with Gasteiger partial charge in [-0.15, -0.1) is 0 Å². The van der Waals surface area contributed by atoms with Crippen molar-refractivity contribution in [2.75, 3.05) is 6.61 Å². The predicted molar refractivity (Wildman–Crippen MR) is 88.0 cm³/mol. The van der Waals surface area contributed by atoms with Crippen LogP contribution < -0.4 is 0 Å². The minimum atomic E-state index is -0.759. The van der Waals surface area contributed by atoms with Crippen molar-refractivity contribution in [1.82, 2.24) is 0 Å². The number of aliphatic carboxylic acids is 2. The second kappa shape index (κ2) is 18.0. The van der Waals surface area contributed by atoms with Crippen LogP contribution in [0.1, 0.15) is 84.5 Å². The summed E-state index contributed by atoms with van der Waals surface area (Å²) in [6, 6.07) is 0. The molecule has 5 nitrogen and oxygen atoms in total. The highest BCUT2D eigenvalue weighted by Crippen LogP contribution is 2.10. The third kappa shape index (κ3) is 21.2. The first-order valence-corrected chi connectivity index (χ1v) is 8.52. The normalized spacial score (nSPS) is 11.4. The number of hydrogen-bond acceptors (Lipinski definition) is 3. The molecule has 3 N–H and O–H groups in total. The molecule has 0 saturated heterocycles. The quantitative estimate of drug-likeness (QED) is 0.445. The summed E-state index contributed by atoms with van der Waals surface area (Å²) in [5.74, 6) is -0.957. The first-order valence-electron chi connectivity index (χ1n) is 8.52. The van der Waals surface area contributed by atoms with Gasteiger partial charge in [0.1, 0.15) is 0 Å². The van der Waals surface area contributed by atoms with Crippen LogP contribution in [-0.4, -0.2) is 33.9 Å². The highest BCUT2D eigenvalue weighted by atomic mass is 16.4. The summed E-state index contributed by atoms with van der Waals surface area (Å²) in [7, 11) is 0. The van der Waals surface area contributed by atoms with Gasteiger partial charge in [-0.3, -0.25) is 9.59 Å². The molecule has 0 saturated carbocycles. The number of aliphatic hydroxyl groups is 1. The molecule has 0 heterocycles. The van der Waals surface area contributed by atoms with E-state index in [1.54, 1.807) is 0 Å². The highest BCUT2D eigenvalue weighted by Gasteiger charge is 2.01. The Bertz CT molecular complexity index is 244. The van der Waals surface area contributed by atoms with Gasteiger partial charge in [-0.25, -0.2) is 0 Å². The Morgan fingerprint density at radius 1 is 0.818 bits per heavy atom. The molecule has 0 aromatic heterocycles. The van der Waals surface area contributed by atoms with E-state index < -0.39 is 11.9 Å². The van der Waals surface area contributed by atoms with Gasteiger partial charge in [0.25, 0.3) is 0 Å². The fourth-order valence-corrected chi connectivity index (χ4v) is 2.00. The first kappa shape index (κ1) is 23.2. The second-order valence-electron chi connectivity index (χ2n) is 5.65. The number of unbranched alkanes of at least 4 members (excludes halogenated alkanes) is 5. The van der Waals surface area contributed by atoms with Crippen LogP contribution in [0.4, 0.5) is 0 Å². The van der Waals surface area contributed by atoms with Gasteiger partial charge in [0.2, 0.25) is 0 Å². The SMILES string of the molecule is CCCCC(CC)CO.O=C(O)CCCCCCCC(=O)O. The van der Waals surface area contributed by atoms with E-state index in [1.165, 1.54) is 19.3 Å². The lowest BCUT2D eigenvalue weighted by Crippen LogP contribution is -2.03. The number of hydrogen-bond donors (Lipinski definition) is 3. The van der Waals surface area contributed by atoms with E-state index in [-0.39, 0.29) is 12.8 Å². The third-order valence-corrected chi connectivity index (χ3v) is 3.58. The van der Waals surface area contributed by atoms with Gasteiger partial charge < -0.3 is 15.3 Å². The van der Waals surface area contributed by atoms with Crippen molar-refractivity contribution in [2.45, 2.75) is 84.5 Å². The Kier molecular flexibility index (Phi) is 18.9. The molecule has 132 valence electrons. The second-order valence-corrected chi connectivity index (χ2v) is 5.65. The minimum Gasteiger partial charge on any atom is -0.481 e. The number of carboxylic acids is 2. The van der Waals surface area contributed by atoms with Gasteiger partial charge in [-0.05, 0) is 25.2 Å². The van der Waals surface area contributed by atoms with E-state index >= 15 is 0 Å². The molecule has 0 radical (unpaired) electrons. The molecule has 0 spiro atoms. The lowest BCUT2D eigenvalue weighted by molar-refractivity contribution is -0.138. The van der Waals surface area contributed by atoms with Crippen molar-refractivity contribution in [3.8, 4) is 0 Å². The van der Waals surface area contributed by atoms with Gasteiger partial charge in [-0.2, -0.15) is 0 Å². The zero-order valence-corrected chi connectivity index (χ0v) is 14.2. The van der Waals surface area contributed by atoms with Crippen LogP contribution in [-0.2, 0) is 9.59 Å². The fourth-order valence-electron chi connectivity index (χ4n) is 2.00. The fraction of sp³-hybridized carbons (Fsp3) is 0.882. The lowest BCUT2D eigenvalue weighted by atomic mass is 10.0. The highest BCUT2D eigenvalue weighted by molar-refractivity contribution is 5.66. The molecular formula is C17H34O5. The largest absolute Gasteiger partial charge is 0.481 e. The molecule has 0 amide bonds. The molecule has 1 atom stereocenters. The van der Waals surface area contributed by atoms with Crippen molar-refractivity contribution in [3.63, 3.8) is 0 Å². The first-order chi connectivity index (χ1) is 10.5. The molecule has 0 fully saturated rings. The summed E-state index contributed by atoms with van der Waals surface area (Å²) < 4.78 is 0. The van der Waals surface area contributed by atoms with E-state index in [0.29, 0.717) is 25.4 Å². The van der Waals surface area contributed by atoms with Crippen molar-refractivity contribution in [1.29, 1.82) is 0 Å². The summed E-state index contributed by atoms with van der Waals surface area (Å²) in [6.45, 7) is 4.69. The minimum absolute atomic E-state index is 0.221. The Morgan fingerprint density at radius 2 is 1.27 bits per heavy atom. The number of carbonyl (C=O) groups is 2. The molecule has 22 heavy (non-hydrogen) atoms. The van der Waals surface area contributed by atoms with Crippen molar-refractivity contribution in [3.05, 3.63) is 0 Å². The smallest absolute Gasteiger partial charge is 0.303 e. The van der Waals surface area contributed by atoms with Crippen LogP contribution in [0.3, 0.4) is 0 Å². The molecule has 0 rings (SSSR count). The van der Waals surface area contributed by atoms with Gasteiger partial charge >= 0.3 is 11.9 Å². The maximum absolute atomic E-state index is 10.1. The Hall–Kier alpha value is -1.10. The summed E-state index contributed by atoms with van der Waals surface area (Å²) in [5.41, 5.74) is 0. The molecule has 5 heteroatoms. The molecule has 1 unspecified atom stereocenters. The summed E-state index contributed by atoms with van der Waals surface area (Å²) in [4.78, 5) is 20.2. The van der Waals surface area contributed by atoms with Crippen molar-refractivity contribution in [2.24, 2.45) is 5.92 Å². The van der Waals surface area contributed by atoms with Crippen LogP contribution in [0.2, 0.25) is 0 Å². The zero-order valence-electron chi connectivity index (χ0n) is 14.2. The molecule has 0 aliphatic rings. The average Bonchev–Trinajstić information content (AvgIpc) is 2.47. The van der Waals surface area contributed by atoms with Crippen LogP contribution in [0.25, 0.3) is 0 Å². The lowest BCUT2D eigenvalue weighted by Gasteiger charge is -2.08. The summed E-state index contributed by atoms with van der Waals surface area (Å²) in [6.07, 6.45) is 9.36. The summed E-state index contributed by atoms with van der Waals surface area (Å²) in [5, 5.41) is 25.4. The van der Waals surface area contributed by atoms with E-state index in [1.807, 2.05) is 0 Å². The van der Waals surface area contributed by atoms with Crippen LogP contribution in [0, 0.1) is 5.92 Å². The molecule has 0 aromatic rings. The average molecular weight is 318 g/mol. The van der Waals surface area contributed by atoms with Crippen LogP contribution in [0.15, 0.2) is 0 Å². The van der Waals surface area contributed by atoms with Gasteiger partial charge in [-0.1, -0.05) is 52.4 Å². The van der Waals surface area contributed by atoms with Crippen molar-refractivity contribution >= 4 is 11.9 Å². The Morgan fingerprint density at radius 3 is 1.59 bits per heavy atom. The molecule has 0 aromatic carbocycles. The number of rotatable bonds is 13. The predicted octanol–water partition coefficient (Wildman–Crippen LogP) is 4.08. The van der Waals surface area contributed by atoms with E-state index in [9.17, 15) is 9.59 Å². The number of aliphatic hydroxyl groups excluding tert-OH is 1. The Labute approximate surface area is 134 Å². The standard InChI is InChI=1S/C9H16O4.C8H18O/c10-8(11)6-4-2-1-3-5-7-9(12)13;1-3-5-6-8(4-2)7-9/h1-7H2,(H,10,11)(H,12,13);8-9H,3-7H2,1-2H3. The van der Waals surface area contributed by atoms with E-state index in [2.05, 4.69) is 13.8 Å². The van der Waals surface area contributed by atoms with Crippen LogP contribution in [0.5, 0.6) is 0 Å². The molecule has 0 bridgehead atoms. The third-order valence-electron chi connectivity index (χ3n) is 3.58. The summed E-state index contributed by atoms with van der Waals surface area (Å²) >= 11 is 0. The van der Waals surface area contributed by atoms with E-state index in [0.717, 1.165) is 25.7 Å². The van der Waals surface area contributed by atoms with Gasteiger partial charge in [0.05, 0.1) is 0 Å². The van der Waals surface area contributed by atoms with Crippen LogP contribution >= 0.6 is 0 Å². The van der Waals surface area contributed by atoms with E-state index in [4.69, 9.17) is 15.3 Å². The zero-order chi connectivity index (χ0) is 17.2. The van der Waals surface area contributed by atoms with Gasteiger partial charge in [0.15, 0.2) is 0 Å². The Balaban J connectivity index is 0. The monoisotopic (exact) mass is 318 g/mol. The maximum atomic E-state index is 10.1. The molecule has 0 aliphatic carbocycles.